The number of benzene rings is 6. The van der Waals surface area contributed by atoms with Crippen molar-refractivity contribution in [1.29, 1.82) is 0 Å². The topological polar surface area (TPSA) is 127 Å². The molecule has 0 radical (unpaired) electrons. The van der Waals surface area contributed by atoms with Crippen molar-refractivity contribution in [1.82, 2.24) is 0 Å². The smallest absolute Gasteiger partial charge is 0.269 e. The van der Waals surface area contributed by atoms with E-state index in [0.29, 0.717) is 44.2 Å². The summed E-state index contributed by atoms with van der Waals surface area (Å²) in [6.07, 6.45) is 0. The van der Waals surface area contributed by atoms with E-state index in [1.165, 1.54) is 24.3 Å². The molecule has 6 aromatic carbocycles. The summed E-state index contributed by atoms with van der Waals surface area (Å²) in [6, 6.07) is 30.4. The molecule has 0 aliphatic rings. The van der Waals surface area contributed by atoms with Gasteiger partial charge in [-0.15, -0.1) is 0 Å². The molecule has 0 saturated heterocycles. The monoisotopic (exact) mass is 528 g/mol. The molecule has 0 saturated carbocycles. The molecule has 6 rings (SSSR count). The van der Waals surface area contributed by atoms with E-state index in [-0.39, 0.29) is 22.9 Å². The summed E-state index contributed by atoms with van der Waals surface area (Å²) in [5.74, 6) is -0.119. The first-order chi connectivity index (χ1) is 19.3. The lowest BCUT2D eigenvalue weighted by molar-refractivity contribution is -0.385. The Hall–Kier alpha value is -5.76. The van der Waals surface area contributed by atoms with Gasteiger partial charge in [0.2, 0.25) is 0 Å². The number of nitro benzene ring substituents is 2. The van der Waals surface area contributed by atoms with Crippen LogP contribution in [0.5, 0.6) is 11.5 Å². The Kier molecular flexibility index (Phi) is 5.85. The highest BCUT2D eigenvalue weighted by Crippen LogP contribution is 2.49. The van der Waals surface area contributed by atoms with Crippen LogP contribution >= 0.6 is 0 Å². The van der Waals surface area contributed by atoms with Gasteiger partial charge in [0.1, 0.15) is 11.5 Å². The van der Waals surface area contributed by atoms with Crippen molar-refractivity contribution in [2.24, 2.45) is 0 Å². The van der Waals surface area contributed by atoms with Crippen molar-refractivity contribution in [3.63, 3.8) is 0 Å². The van der Waals surface area contributed by atoms with Gasteiger partial charge in [-0.25, -0.2) is 0 Å². The molecule has 2 N–H and O–H groups in total. The van der Waals surface area contributed by atoms with Gasteiger partial charge < -0.3 is 10.2 Å². The predicted molar refractivity (Wildman–Crippen MR) is 154 cm³/mol. The highest BCUT2D eigenvalue weighted by molar-refractivity contribution is 6.15. The Bertz CT molecular complexity index is 1820. The largest absolute Gasteiger partial charge is 0.507 e. The number of phenolic OH excluding ortho intramolecular Hbond substituents is 2. The van der Waals surface area contributed by atoms with Gasteiger partial charge in [0.25, 0.3) is 11.4 Å². The summed E-state index contributed by atoms with van der Waals surface area (Å²) >= 11 is 0. The zero-order chi connectivity index (χ0) is 28.0. The van der Waals surface area contributed by atoms with E-state index in [2.05, 4.69) is 0 Å². The van der Waals surface area contributed by atoms with E-state index in [9.17, 15) is 30.4 Å². The van der Waals surface area contributed by atoms with E-state index in [1.807, 2.05) is 48.5 Å². The summed E-state index contributed by atoms with van der Waals surface area (Å²) < 4.78 is 0. The Morgan fingerprint density at radius 3 is 1.12 bits per heavy atom. The van der Waals surface area contributed by atoms with Gasteiger partial charge in [-0.2, -0.15) is 0 Å². The second-order valence-corrected chi connectivity index (χ2v) is 9.34. The summed E-state index contributed by atoms with van der Waals surface area (Å²) in [5, 5.41) is 48.1. The van der Waals surface area contributed by atoms with E-state index < -0.39 is 9.85 Å². The molecule has 0 aliphatic carbocycles. The lowest BCUT2D eigenvalue weighted by Crippen LogP contribution is -1.92. The molecule has 0 unspecified atom stereocenters. The van der Waals surface area contributed by atoms with Crippen LogP contribution < -0.4 is 0 Å². The molecule has 0 fully saturated rings. The second kappa shape index (κ2) is 9.52. The van der Waals surface area contributed by atoms with Crippen LogP contribution in [0.1, 0.15) is 0 Å². The fraction of sp³-hybridized carbons (Fsp3) is 0. The molecule has 0 aromatic heterocycles. The normalized spacial score (nSPS) is 11.1. The second-order valence-electron chi connectivity index (χ2n) is 9.34. The number of aromatic hydroxyl groups is 2. The van der Waals surface area contributed by atoms with Crippen molar-refractivity contribution in [3.8, 4) is 44.9 Å². The average Bonchev–Trinajstić information content (AvgIpc) is 2.97. The SMILES string of the molecule is O=[N+]([O-])c1ccc(-c2cc(O)c(-c3c(O)cc(-c4ccc([N+](=O)[O-])cc4)c4ccccc34)c3ccccc23)cc1. The number of phenols is 2. The number of hydrogen-bond donors (Lipinski definition) is 2. The summed E-state index contributed by atoms with van der Waals surface area (Å²) in [7, 11) is 0. The first kappa shape index (κ1) is 24.6. The molecule has 0 atom stereocenters. The zero-order valence-corrected chi connectivity index (χ0v) is 20.8. The van der Waals surface area contributed by atoms with E-state index >= 15 is 0 Å². The molecule has 0 heterocycles. The van der Waals surface area contributed by atoms with Crippen LogP contribution in [-0.2, 0) is 0 Å². The van der Waals surface area contributed by atoms with E-state index in [4.69, 9.17) is 0 Å². The van der Waals surface area contributed by atoms with Gasteiger partial charge in [-0.1, -0.05) is 48.5 Å². The van der Waals surface area contributed by atoms with Crippen LogP contribution in [0.4, 0.5) is 11.4 Å². The molecule has 194 valence electrons. The van der Waals surface area contributed by atoms with Gasteiger partial charge in [0.05, 0.1) is 9.85 Å². The quantitative estimate of drug-likeness (QED) is 0.171. The molecule has 8 nitrogen and oxygen atoms in total. The molecular formula is C32H20N2O6. The molecular weight excluding hydrogens is 508 g/mol. The van der Waals surface area contributed by atoms with E-state index in [1.54, 1.807) is 36.4 Å². The highest BCUT2D eigenvalue weighted by Gasteiger charge is 2.21. The fourth-order valence-electron chi connectivity index (χ4n) is 5.25. The number of fused-ring (bicyclic) bond motifs is 2. The first-order valence-corrected chi connectivity index (χ1v) is 12.3. The van der Waals surface area contributed by atoms with Crippen molar-refractivity contribution < 1.29 is 20.1 Å². The Morgan fingerprint density at radius 1 is 0.475 bits per heavy atom. The molecule has 0 spiro atoms. The van der Waals surface area contributed by atoms with E-state index in [0.717, 1.165) is 10.8 Å². The van der Waals surface area contributed by atoms with Crippen LogP contribution in [0.2, 0.25) is 0 Å². The minimum Gasteiger partial charge on any atom is -0.507 e. The van der Waals surface area contributed by atoms with Crippen molar-refractivity contribution in [3.05, 3.63) is 129 Å². The van der Waals surface area contributed by atoms with Crippen molar-refractivity contribution in [2.75, 3.05) is 0 Å². The molecule has 6 aromatic rings. The Morgan fingerprint density at radius 2 is 0.800 bits per heavy atom. The first-order valence-electron chi connectivity index (χ1n) is 12.3. The van der Waals surface area contributed by atoms with Gasteiger partial charge in [-0.05, 0) is 80.2 Å². The lowest BCUT2D eigenvalue weighted by Gasteiger charge is -2.18. The van der Waals surface area contributed by atoms with Gasteiger partial charge in [-0.3, -0.25) is 20.2 Å². The van der Waals surface area contributed by atoms with Gasteiger partial charge in [0.15, 0.2) is 0 Å². The van der Waals surface area contributed by atoms with Crippen LogP contribution in [0, 0.1) is 20.2 Å². The van der Waals surface area contributed by atoms with Crippen LogP contribution in [-0.4, -0.2) is 20.1 Å². The number of rotatable bonds is 5. The minimum atomic E-state index is -0.462. The molecule has 0 bridgehead atoms. The van der Waals surface area contributed by atoms with Crippen LogP contribution in [0.3, 0.4) is 0 Å². The maximum atomic E-state index is 11.4. The van der Waals surface area contributed by atoms with Gasteiger partial charge in [0, 0.05) is 35.4 Å². The maximum Gasteiger partial charge on any atom is 0.269 e. The zero-order valence-electron chi connectivity index (χ0n) is 20.8. The van der Waals surface area contributed by atoms with Crippen molar-refractivity contribution in [2.45, 2.75) is 0 Å². The number of nitrogens with zero attached hydrogens (tertiary/aromatic N) is 2. The maximum absolute atomic E-state index is 11.4. The third kappa shape index (κ3) is 4.04. The predicted octanol–water partition coefficient (Wildman–Crippen LogP) is 8.22. The number of hydrogen-bond acceptors (Lipinski definition) is 6. The molecule has 40 heavy (non-hydrogen) atoms. The Balaban J connectivity index is 1.59. The van der Waals surface area contributed by atoms with Crippen LogP contribution in [0.25, 0.3) is 54.9 Å². The summed E-state index contributed by atoms with van der Waals surface area (Å²) in [4.78, 5) is 21.3. The van der Waals surface area contributed by atoms with Crippen LogP contribution in [0.15, 0.2) is 109 Å². The molecule has 8 heteroatoms. The highest BCUT2D eigenvalue weighted by atomic mass is 16.6. The third-order valence-electron chi connectivity index (χ3n) is 7.08. The van der Waals surface area contributed by atoms with Gasteiger partial charge >= 0.3 is 0 Å². The lowest BCUT2D eigenvalue weighted by atomic mass is 9.86. The summed E-state index contributed by atoms with van der Waals surface area (Å²) in [5.41, 5.74) is 3.63. The standard InChI is InChI=1S/C32H20N2O6/c35-29-17-27(19-9-13-21(14-10-19)33(37)38)23-5-1-3-7-25(23)31(29)32-26-8-4-2-6-24(26)28(18-30(32)36)20-11-15-22(16-12-20)34(39)40/h1-18,35-36H. The fourth-order valence-corrected chi connectivity index (χ4v) is 5.25. The van der Waals surface area contributed by atoms with Crippen molar-refractivity contribution >= 4 is 32.9 Å². The number of non-ortho nitro benzene ring substituents is 2. The summed E-state index contributed by atoms with van der Waals surface area (Å²) in [6.45, 7) is 0. The average molecular weight is 529 g/mol. The Labute approximate surface area is 227 Å². The molecule has 0 aliphatic heterocycles. The number of nitro groups is 2. The minimum absolute atomic E-state index is 0.0293. The third-order valence-corrected chi connectivity index (χ3v) is 7.08. The molecule has 0 amide bonds.